The van der Waals surface area contributed by atoms with E-state index in [9.17, 15) is 4.79 Å². The van der Waals surface area contributed by atoms with Gasteiger partial charge in [-0.25, -0.2) is 0 Å². The number of aromatic nitrogens is 2. The fourth-order valence-electron chi connectivity index (χ4n) is 3.07. The van der Waals surface area contributed by atoms with Gasteiger partial charge in [-0.05, 0) is 50.4 Å². The van der Waals surface area contributed by atoms with Gasteiger partial charge in [-0.15, -0.1) is 0 Å². The van der Waals surface area contributed by atoms with Crippen LogP contribution in [-0.4, -0.2) is 28.3 Å². The summed E-state index contributed by atoms with van der Waals surface area (Å²) in [6.45, 7) is 6.34. The van der Waals surface area contributed by atoms with Gasteiger partial charge in [-0.2, -0.15) is 5.10 Å². The highest BCUT2D eigenvalue weighted by Gasteiger charge is 2.21. The van der Waals surface area contributed by atoms with Crippen LogP contribution in [0.15, 0.2) is 30.3 Å². The van der Waals surface area contributed by atoms with E-state index in [0.29, 0.717) is 6.54 Å². The minimum absolute atomic E-state index is 0.0205. The number of amides is 1. The van der Waals surface area contributed by atoms with E-state index in [1.165, 1.54) is 5.56 Å². The van der Waals surface area contributed by atoms with E-state index in [4.69, 9.17) is 0 Å². The van der Waals surface area contributed by atoms with Gasteiger partial charge in [0.25, 0.3) is 0 Å². The van der Waals surface area contributed by atoms with E-state index in [2.05, 4.69) is 40.9 Å². The third-order valence-corrected chi connectivity index (χ3v) is 4.27. The van der Waals surface area contributed by atoms with E-state index < -0.39 is 0 Å². The maximum Gasteiger partial charge on any atom is 0.237 e. The van der Waals surface area contributed by atoms with Gasteiger partial charge in [0.15, 0.2) is 0 Å². The summed E-state index contributed by atoms with van der Waals surface area (Å²) in [4.78, 5) is 12.1. The molecule has 1 fully saturated rings. The molecule has 122 valence electrons. The molecule has 0 spiro atoms. The summed E-state index contributed by atoms with van der Waals surface area (Å²) in [5.74, 6) is 0.103. The lowest BCUT2D eigenvalue weighted by molar-refractivity contribution is -0.122. The number of rotatable bonds is 5. The molecule has 1 aromatic heterocycles. The van der Waals surface area contributed by atoms with Crippen molar-refractivity contribution in [1.82, 2.24) is 20.4 Å². The summed E-state index contributed by atoms with van der Waals surface area (Å²) in [6.07, 6.45) is 2.01. The van der Waals surface area contributed by atoms with Gasteiger partial charge in [-0.3, -0.25) is 9.48 Å². The van der Waals surface area contributed by atoms with Crippen LogP contribution in [0.2, 0.25) is 0 Å². The van der Waals surface area contributed by atoms with Crippen molar-refractivity contribution in [2.24, 2.45) is 0 Å². The zero-order valence-electron chi connectivity index (χ0n) is 13.8. The SMILES string of the molecule is Cc1cc(C)n(Cc2cccc(CNC(=O)C3CCCN3)c2)n1. The fourth-order valence-corrected chi connectivity index (χ4v) is 3.07. The van der Waals surface area contributed by atoms with E-state index >= 15 is 0 Å². The second-order valence-electron chi connectivity index (χ2n) is 6.27. The zero-order chi connectivity index (χ0) is 16.2. The lowest BCUT2D eigenvalue weighted by Gasteiger charge is -2.12. The van der Waals surface area contributed by atoms with Crippen LogP contribution in [0.1, 0.15) is 35.4 Å². The Bertz CT molecular complexity index is 686. The topological polar surface area (TPSA) is 59.0 Å². The second-order valence-corrected chi connectivity index (χ2v) is 6.27. The Hall–Kier alpha value is -2.14. The third kappa shape index (κ3) is 3.99. The zero-order valence-corrected chi connectivity index (χ0v) is 13.8. The van der Waals surface area contributed by atoms with Crippen molar-refractivity contribution in [2.75, 3.05) is 6.54 Å². The Kier molecular flexibility index (Phi) is 4.76. The molecule has 2 N–H and O–H groups in total. The molecule has 0 aliphatic carbocycles. The molecule has 0 saturated carbocycles. The highest BCUT2D eigenvalue weighted by molar-refractivity contribution is 5.81. The number of nitrogens with zero attached hydrogens (tertiary/aromatic N) is 2. The summed E-state index contributed by atoms with van der Waals surface area (Å²) in [5.41, 5.74) is 4.51. The van der Waals surface area contributed by atoms with Gasteiger partial charge < -0.3 is 10.6 Å². The highest BCUT2D eigenvalue weighted by atomic mass is 16.2. The van der Waals surface area contributed by atoms with Gasteiger partial charge in [0.2, 0.25) is 5.91 Å². The van der Waals surface area contributed by atoms with Crippen molar-refractivity contribution < 1.29 is 4.79 Å². The molecule has 1 atom stereocenters. The molecule has 5 nitrogen and oxygen atoms in total. The normalized spacial score (nSPS) is 17.4. The molecule has 1 aliphatic rings. The molecule has 2 aromatic rings. The fraction of sp³-hybridized carbons (Fsp3) is 0.444. The molecule has 0 bridgehead atoms. The van der Waals surface area contributed by atoms with Crippen molar-refractivity contribution in [1.29, 1.82) is 0 Å². The molecule has 0 radical (unpaired) electrons. The van der Waals surface area contributed by atoms with Crippen LogP contribution >= 0.6 is 0 Å². The number of benzene rings is 1. The lowest BCUT2D eigenvalue weighted by atomic mass is 10.1. The van der Waals surface area contributed by atoms with Crippen LogP contribution in [-0.2, 0) is 17.9 Å². The standard InChI is InChI=1S/C18H24N4O/c1-13-9-14(2)22(21-13)12-16-6-3-5-15(10-16)11-20-18(23)17-7-4-8-19-17/h3,5-6,9-10,17,19H,4,7-8,11-12H2,1-2H3,(H,20,23). The predicted octanol–water partition coefficient (Wildman–Crippen LogP) is 1.92. The van der Waals surface area contributed by atoms with Gasteiger partial charge in [0.05, 0.1) is 18.3 Å². The Balaban J connectivity index is 1.60. The Labute approximate surface area is 137 Å². The Morgan fingerprint density at radius 1 is 1.35 bits per heavy atom. The summed E-state index contributed by atoms with van der Waals surface area (Å²) in [5, 5.41) is 10.7. The summed E-state index contributed by atoms with van der Waals surface area (Å²) in [6, 6.07) is 10.4. The quantitative estimate of drug-likeness (QED) is 0.887. The van der Waals surface area contributed by atoms with E-state index in [1.807, 2.05) is 23.7 Å². The average Bonchev–Trinajstić information content (AvgIpc) is 3.16. The van der Waals surface area contributed by atoms with Crippen LogP contribution in [0.5, 0.6) is 0 Å². The summed E-state index contributed by atoms with van der Waals surface area (Å²) in [7, 11) is 0. The van der Waals surface area contributed by atoms with Crippen LogP contribution in [0.4, 0.5) is 0 Å². The molecule has 1 saturated heterocycles. The molecule has 1 aliphatic heterocycles. The molecule has 5 heteroatoms. The number of hydrogen-bond donors (Lipinski definition) is 2. The van der Waals surface area contributed by atoms with Crippen molar-refractivity contribution >= 4 is 5.91 Å². The first-order valence-corrected chi connectivity index (χ1v) is 8.22. The maximum absolute atomic E-state index is 12.1. The van der Waals surface area contributed by atoms with E-state index in [1.54, 1.807) is 0 Å². The molecule has 1 unspecified atom stereocenters. The van der Waals surface area contributed by atoms with Crippen molar-refractivity contribution in [3.63, 3.8) is 0 Å². The highest BCUT2D eigenvalue weighted by Crippen LogP contribution is 2.10. The van der Waals surface area contributed by atoms with Gasteiger partial charge >= 0.3 is 0 Å². The van der Waals surface area contributed by atoms with Gasteiger partial charge in [0.1, 0.15) is 0 Å². The molecular formula is C18H24N4O. The molecule has 23 heavy (non-hydrogen) atoms. The average molecular weight is 312 g/mol. The van der Waals surface area contributed by atoms with Gasteiger partial charge in [0, 0.05) is 12.2 Å². The van der Waals surface area contributed by atoms with Crippen molar-refractivity contribution in [2.45, 2.75) is 45.8 Å². The molecular weight excluding hydrogens is 288 g/mol. The Morgan fingerprint density at radius 2 is 2.17 bits per heavy atom. The van der Waals surface area contributed by atoms with E-state index in [0.717, 1.165) is 42.9 Å². The first-order valence-electron chi connectivity index (χ1n) is 8.22. The maximum atomic E-state index is 12.1. The second kappa shape index (κ2) is 6.96. The largest absolute Gasteiger partial charge is 0.351 e. The predicted molar refractivity (Wildman–Crippen MR) is 90.1 cm³/mol. The third-order valence-electron chi connectivity index (χ3n) is 4.27. The number of aryl methyl sites for hydroxylation is 2. The lowest BCUT2D eigenvalue weighted by Crippen LogP contribution is -2.40. The number of hydrogen-bond acceptors (Lipinski definition) is 3. The van der Waals surface area contributed by atoms with E-state index in [-0.39, 0.29) is 11.9 Å². The van der Waals surface area contributed by atoms with Crippen LogP contribution in [0.3, 0.4) is 0 Å². The molecule has 2 heterocycles. The smallest absolute Gasteiger partial charge is 0.237 e. The van der Waals surface area contributed by atoms with Crippen LogP contribution < -0.4 is 10.6 Å². The number of carbonyl (C=O) groups excluding carboxylic acids is 1. The van der Waals surface area contributed by atoms with Gasteiger partial charge in [-0.1, -0.05) is 24.3 Å². The molecule has 3 rings (SSSR count). The molecule has 1 amide bonds. The first-order chi connectivity index (χ1) is 11.1. The summed E-state index contributed by atoms with van der Waals surface area (Å²) >= 11 is 0. The minimum Gasteiger partial charge on any atom is -0.351 e. The van der Waals surface area contributed by atoms with Crippen molar-refractivity contribution in [3.05, 3.63) is 52.8 Å². The number of carbonyl (C=O) groups is 1. The molecule has 1 aromatic carbocycles. The van der Waals surface area contributed by atoms with Crippen molar-refractivity contribution in [3.8, 4) is 0 Å². The Morgan fingerprint density at radius 3 is 2.87 bits per heavy atom. The first kappa shape index (κ1) is 15.7. The summed E-state index contributed by atoms with van der Waals surface area (Å²) < 4.78 is 2.01. The van der Waals surface area contributed by atoms with Crippen LogP contribution in [0.25, 0.3) is 0 Å². The minimum atomic E-state index is -0.0205. The monoisotopic (exact) mass is 312 g/mol. The number of nitrogens with one attached hydrogen (secondary N) is 2. The van der Waals surface area contributed by atoms with Crippen LogP contribution in [0, 0.1) is 13.8 Å².